The highest BCUT2D eigenvalue weighted by molar-refractivity contribution is 8.76. The maximum absolute atomic E-state index is 15.7. The van der Waals surface area contributed by atoms with Crippen LogP contribution in [-0.4, -0.2) is 127 Å². The molecule has 15 heteroatoms. The van der Waals surface area contributed by atoms with Gasteiger partial charge in [-0.2, -0.15) is 0 Å². The van der Waals surface area contributed by atoms with Crippen LogP contribution in [0.25, 0.3) is 0 Å². The predicted molar refractivity (Wildman–Crippen MR) is 213 cm³/mol. The van der Waals surface area contributed by atoms with E-state index in [1.807, 2.05) is 6.08 Å². The minimum Gasteiger partial charge on any atom is -0.511 e. The molecule has 3 aliphatic heterocycles. The van der Waals surface area contributed by atoms with Crippen molar-refractivity contribution in [3.8, 4) is 0 Å². The quantitative estimate of drug-likeness (QED) is 0.131. The van der Waals surface area contributed by atoms with Crippen molar-refractivity contribution in [2.45, 2.75) is 131 Å². The summed E-state index contributed by atoms with van der Waals surface area (Å²) in [4.78, 5) is 30.9. The van der Waals surface area contributed by atoms with E-state index in [0.29, 0.717) is 50.8 Å². The zero-order valence-corrected chi connectivity index (χ0v) is 34.3. The van der Waals surface area contributed by atoms with Gasteiger partial charge in [0.25, 0.3) is 0 Å². The van der Waals surface area contributed by atoms with E-state index >= 15 is 9.59 Å². The topological polar surface area (TPSA) is 223 Å². The Morgan fingerprint density at radius 3 is 2.60 bits per heavy atom. The van der Waals surface area contributed by atoms with Crippen LogP contribution in [0.4, 0.5) is 0 Å². The fraction of sp³-hybridized carbons (Fsp3) is 0.810. The van der Waals surface area contributed by atoms with E-state index in [-0.39, 0.29) is 54.5 Å². The summed E-state index contributed by atoms with van der Waals surface area (Å²) in [5.41, 5.74) is -4.72. The van der Waals surface area contributed by atoms with Gasteiger partial charge in [0.05, 0.1) is 37.0 Å². The van der Waals surface area contributed by atoms with Crippen molar-refractivity contribution in [1.29, 1.82) is 0 Å². The molecule has 5 aliphatic carbocycles. The molecule has 3 heterocycles. The zero-order valence-electron chi connectivity index (χ0n) is 32.7. The van der Waals surface area contributed by atoms with Gasteiger partial charge in [-0.1, -0.05) is 59.1 Å². The second kappa shape index (κ2) is 17.2. The molecule has 7 unspecified atom stereocenters. The highest BCUT2D eigenvalue weighted by atomic mass is 33.1. The van der Waals surface area contributed by atoms with Crippen LogP contribution in [0.15, 0.2) is 35.6 Å². The normalized spacial score (nSPS) is 47.6. The molecule has 7 bridgehead atoms. The molecule has 10 N–H and O–H groups in total. The number of allylic oxidation sites excluding steroid dienone is 4. The molecule has 0 aromatic rings. The summed E-state index contributed by atoms with van der Waals surface area (Å²) in [5.74, 6) is -2.72. The standard InChI is InChI=1S/C42H62N2O11S2/c45-13-3-8-32-41-29(17-26(18-31(41)48)15-23-4-1-5-25(14-23)20-46)35(49)28-6-2-7-30(34(28)36(41)50)54-38-37(51)42(53)27(9-11-40(21-47,55-38)39(42)52)16-24-10-12-43-33(19-24)44-22-56-57-32/h9,11,17-18,23-25,27-30,32-34,37-39,43-48,51-53H,1-8,10,12-16,19-22H2/p+1/t23?,24?,25?,27-,28?,29+,30?,32-,33?,34?,37+,38-,39-,40+,41+,42-/m1/s1. The van der Waals surface area contributed by atoms with Crippen molar-refractivity contribution in [2.24, 2.45) is 46.8 Å². The number of quaternary nitrogens is 1. The maximum atomic E-state index is 15.7. The minimum atomic E-state index is -2.13. The molecule has 16 atom stereocenters. The molecule has 318 valence electrons. The first kappa shape index (κ1) is 42.4. The smallest absolute Gasteiger partial charge is 0.188 e. The lowest BCUT2D eigenvalue weighted by molar-refractivity contribution is -0.704. The molecule has 0 amide bonds. The third-order valence-corrected chi connectivity index (χ3v) is 17.9. The number of piperidine rings is 1. The summed E-state index contributed by atoms with van der Waals surface area (Å²) in [6.07, 6.45) is 9.83. The summed E-state index contributed by atoms with van der Waals surface area (Å²) in [6, 6.07) is 0. The van der Waals surface area contributed by atoms with Crippen molar-refractivity contribution in [3.63, 3.8) is 0 Å². The third-order valence-electron chi connectivity index (χ3n) is 15.2. The third kappa shape index (κ3) is 7.34. The highest BCUT2D eigenvalue weighted by Crippen LogP contribution is 2.60. The molecule has 0 aromatic heterocycles. The van der Waals surface area contributed by atoms with Gasteiger partial charge in [0.1, 0.15) is 46.5 Å². The van der Waals surface area contributed by atoms with E-state index in [1.54, 1.807) is 29.0 Å². The van der Waals surface area contributed by atoms with Crippen molar-refractivity contribution in [3.05, 3.63) is 35.6 Å². The van der Waals surface area contributed by atoms with Crippen molar-refractivity contribution in [2.75, 3.05) is 32.2 Å². The van der Waals surface area contributed by atoms with Crippen molar-refractivity contribution in [1.82, 2.24) is 5.32 Å². The SMILES string of the molecule is O=C1C2CCCC3O[C@@H]4O[C@]5(CO)C=C[C@H](CC6CC[NH2+]C(C6)NCSS[C@H](CCCO)[C@@]6(C(=O)C32)C(O)=CC(CC2CCCC(CO)C2)=C[C@@H]16)[C@@](O)([C@H]4O)[C@@H]5O. The number of rotatable bonds is 7. The number of carbonyl (C=O) groups is 2. The fourth-order valence-electron chi connectivity index (χ4n) is 12.2. The number of ketones is 2. The number of nitrogens with one attached hydrogen (secondary N) is 1. The average Bonchev–Trinajstić information content (AvgIpc) is 3.21. The Kier molecular flexibility index (Phi) is 12.8. The summed E-state index contributed by atoms with van der Waals surface area (Å²) in [7, 11) is 3.03. The Bertz CT molecular complexity index is 1600. The molecule has 0 radical (unpaired) electrons. The Balaban J connectivity index is 1.20. The van der Waals surface area contributed by atoms with Crippen LogP contribution in [0, 0.1) is 46.8 Å². The number of aliphatic hydroxyl groups is 7. The molecule has 8 aliphatic rings. The van der Waals surface area contributed by atoms with E-state index in [9.17, 15) is 35.7 Å². The summed E-state index contributed by atoms with van der Waals surface area (Å²) in [5, 5.41) is 84.6. The van der Waals surface area contributed by atoms with Crippen LogP contribution in [-0.2, 0) is 19.1 Å². The molecule has 1 spiro atoms. The Morgan fingerprint density at radius 1 is 1.00 bits per heavy atom. The van der Waals surface area contributed by atoms with Gasteiger partial charge in [-0.3, -0.25) is 14.9 Å². The number of aliphatic hydroxyl groups excluding tert-OH is 6. The number of Topliss-reactive ketones (excluding diaryl/α,β-unsaturated/α-hetero) is 2. The van der Waals surface area contributed by atoms with E-state index in [4.69, 9.17) is 9.47 Å². The second-order valence-corrected chi connectivity index (χ2v) is 21.0. The van der Waals surface area contributed by atoms with Crippen LogP contribution in [0.1, 0.15) is 83.5 Å². The summed E-state index contributed by atoms with van der Waals surface area (Å²) in [6.45, 7) is 0.172. The Hall–Kier alpha value is -1.34. The molecular formula is C42H63N2O11S2+. The van der Waals surface area contributed by atoms with Gasteiger partial charge in [0, 0.05) is 36.7 Å². The summed E-state index contributed by atoms with van der Waals surface area (Å²) < 4.78 is 12.9. The van der Waals surface area contributed by atoms with Crippen LogP contribution < -0.4 is 10.6 Å². The number of ether oxygens (including phenoxy) is 2. The van der Waals surface area contributed by atoms with Gasteiger partial charge in [-0.05, 0) is 87.2 Å². The lowest BCUT2D eigenvalue weighted by atomic mass is 9.50. The van der Waals surface area contributed by atoms with Gasteiger partial charge in [0.15, 0.2) is 12.1 Å². The largest absolute Gasteiger partial charge is 0.511 e. The van der Waals surface area contributed by atoms with Crippen molar-refractivity contribution < 1.29 is 60.1 Å². The monoisotopic (exact) mass is 835 g/mol. The van der Waals surface area contributed by atoms with Gasteiger partial charge >= 0.3 is 0 Å². The lowest BCUT2D eigenvalue weighted by Crippen LogP contribution is -2.95. The number of nitrogens with two attached hydrogens (primary N) is 1. The number of hydrogen-bond donors (Lipinski definition) is 9. The average molecular weight is 836 g/mol. The minimum absolute atomic E-state index is 0.0530. The number of hydrogen-bond acceptors (Lipinski definition) is 14. The molecule has 8 rings (SSSR count). The lowest BCUT2D eigenvalue weighted by Gasteiger charge is -2.59. The molecule has 57 heavy (non-hydrogen) atoms. The van der Waals surface area contributed by atoms with Crippen molar-refractivity contribution >= 4 is 33.2 Å². The van der Waals surface area contributed by atoms with Gasteiger partial charge in [-0.15, -0.1) is 0 Å². The first-order valence-corrected chi connectivity index (χ1v) is 23.9. The molecule has 3 saturated carbocycles. The number of fused-ring (bicyclic) bond motifs is 4. The van der Waals surface area contributed by atoms with Gasteiger partial charge < -0.3 is 50.5 Å². The van der Waals surface area contributed by atoms with Gasteiger partial charge in [-0.25, -0.2) is 0 Å². The second-order valence-electron chi connectivity index (χ2n) is 18.4. The first-order valence-electron chi connectivity index (χ1n) is 21.5. The Morgan fingerprint density at radius 2 is 1.81 bits per heavy atom. The molecule has 13 nitrogen and oxygen atoms in total. The molecule has 3 saturated heterocycles. The van der Waals surface area contributed by atoms with E-state index in [2.05, 4.69) is 10.6 Å². The molecular weight excluding hydrogens is 773 g/mol. The number of carbonyl (C=O) groups excluding carboxylic acids is 2. The zero-order chi connectivity index (χ0) is 40.1. The van der Waals surface area contributed by atoms with Crippen LogP contribution in [0.2, 0.25) is 0 Å². The summed E-state index contributed by atoms with van der Waals surface area (Å²) >= 11 is 0. The maximum Gasteiger partial charge on any atom is 0.188 e. The van der Waals surface area contributed by atoms with E-state index in [1.165, 1.54) is 10.8 Å². The predicted octanol–water partition coefficient (Wildman–Crippen LogP) is 1.61. The first-order chi connectivity index (χ1) is 27.5. The highest BCUT2D eigenvalue weighted by Gasteiger charge is 2.69. The van der Waals surface area contributed by atoms with Gasteiger partial charge in [0.2, 0.25) is 0 Å². The fourth-order valence-corrected chi connectivity index (χ4v) is 15.2. The Labute approximate surface area is 342 Å². The van der Waals surface area contributed by atoms with Crippen LogP contribution in [0.3, 0.4) is 0 Å². The molecule has 0 aromatic carbocycles. The van der Waals surface area contributed by atoms with Crippen LogP contribution >= 0.6 is 21.6 Å². The van der Waals surface area contributed by atoms with Crippen LogP contribution in [0.5, 0.6) is 0 Å². The molecule has 6 fully saturated rings. The van der Waals surface area contributed by atoms with E-state index < -0.39 is 76.7 Å². The van der Waals surface area contributed by atoms with E-state index in [0.717, 1.165) is 50.6 Å².